The molecule has 4 heterocycles. The summed E-state index contributed by atoms with van der Waals surface area (Å²) in [5.41, 5.74) is 5.03. The maximum Gasteiger partial charge on any atom is 0.325 e. The molecular weight excluding hydrogens is 486 g/mol. The molecule has 11 heteroatoms. The van der Waals surface area contributed by atoms with E-state index in [0.717, 1.165) is 45.5 Å². The van der Waals surface area contributed by atoms with Crippen molar-refractivity contribution in [3.05, 3.63) is 41.3 Å². The standard InChI is InChI=1S/C27H33N7O4/c1-6-33-13-17(4)38-27-21(12-28-32(27)5)18-7-9-22-20(11-18)23(30-29-22)10-8-19-24(14-33)34(15-25(35)36)31-26(19)37-16(2)3/h7-12,16-17H,6,13-15H2,1-5H3,(H,29,30)(H,35,36)/b10-8+/t17-/m0/s1. The van der Waals surface area contributed by atoms with E-state index in [-0.39, 0.29) is 18.8 Å². The van der Waals surface area contributed by atoms with Crippen LogP contribution in [0.3, 0.4) is 0 Å². The normalized spacial score (nSPS) is 17.1. The van der Waals surface area contributed by atoms with Gasteiger partial charge in [-0.05, 0) is 57.2 Å². The lowest BCUT2D eigenvalue weighted by Crippen LogP contribution is -2.35. The number of H-pyrrole nitrogens is 1. The van der Waals surface area contributed by atoms with Crippen LogP contribution in [-0.2, 0) is 24.9 Å². The first kappa shape index (κ1) is 25.5. The topological polar surface area (TPSA) is 123 Å². The number of hydrogen-bond acceptors (Lipinski definition) is 7. The summed E-state index contributed by atoms with van der Waals surface area (Å²) < 4.78 is 15.8. The van der Waals surface area contributed by atoms with Gasteiger partial charge in [0.15, 0.2) is 0 Å². The molecule has 0 fully saturated rings. The summed E-state index contributed by atoms with van der Waals surface area (Å²) in [6, 6.07) is 6.06. The van der Waals surface area contributed by atoms with E-state index < -0.39 is 5.97 Å². The highest BCUT2D eigenvalue weighted by Crippen LogP contribution is 2.34. The molecule has 4 aromatic rings. The average Bonchev–Trinajstić information content (AvgIpc) is 3.52. The molecule has 1 aliphatic heterocycles. The number of aliphatic carboxylic acids is 1. The predicted octanol–water partition coefficient (Wildman–Crippen LogP) is 3.80. The van der Waals surface area contributed by atoms with Gasteiger partial charge >= 0.3 is 5.97 Å². The van der Waals surface area contributed by atoms with Crippen LogP contribution in [0.5, 0.6) is 11.8 Å². The third-order valence-corrected chi connectivity index (χ3v) is 6.54. The molecule has 0 radical (unpaired) electrons. The van der Waals surface area contributed by atoms with Crippen LogP contribution in [0.1, 0.15) is 44.6 Å². The maximum atomic E-state index is 11.7. The molecule has 0 unspecified atom stereocenters. The fourth-order valence-corrected chi connectivity index (χ4v) is 4.75. The molecule has 0 saturated heterocycles. The van der Waals surface area contributed by atoms with Crippen molar-refractivity contribution in [3.63, 3.8) is 0 Å². The number of aryl methyl sites for hydroxylation is 1. The van der Waals surface area contributed by atoms with Crippen LogP contribution in [0, 0.1) is 0 Å². The van der Waals surface area contributed by atoms with Gasteiger partial charge < -0.3 is 14.6 Å². The number of aromatic nitrogens is 6. The quantitative estimate of drug-likeness (QED) is 0.408. The Morgan fingerprint density at radius 1 is 1.32 bits per heavy atom. The summed E-state index contributed by atoms with van der Waals surface area (Å²) in [5.74, 6) is 0.120. The molecule has 0 amide bonds. The number of ether oxygens (including phenoxy) is 2. The molecule has 1 aliphatic rings. The van der Waals surface area contributed by atoms with Crippen LogP contribution in [0.2, 0.25) is 0 Å². The van der Waals surface area contributed by atoms with Crippen molar-refractivity contribution in [2.45, 2.75) is 53.0 Å². The zero-order chi connectivity index (χ0) is 27.0. The minimum absolute atomic E-state index is 0.129. The Kier molecular flexibility index (Phi) is 6.94. The maximum absolute atomic E-state index is 11.7. The lowest BCUT2D eigenvalue weighted by Gasteiger charge is -2.25. The number of nitrogens with zero attached hydrogens (tertiary/aromatic N) is 6. The van der Waals surface area contributed by atoms with Gasteiger partial charge in [-0.1, -0.05) is 13.0 Å². The Morgan fingerprint density at radius 3 is 2.87 bits per heavy atom. The van der Waals surface area contributed by atoms with E-state index in [2.05, 4.69) is 38.3 Å². The van der Waals surface area contributed by atoms with E-state index in [4.69, 9.17) is 9.47 Å². The SMILES string of the molecule is CCN1Cc2c(c(OC(C)C)nn2CC(=O)O)/C=C/c2[nH]nc3ccc(cc23)-c2cnn(C)c2O[C@@H](C)C1. The molecule has 2 N–H and O–H groups in total. The van der Waals surface area contributed by atoms with Crippen molar-refractivity contribution >= 4 is 29.0 Å². The van der Waals surface area contributed by atoms with Crippen LogP contribution in [-0.4, -0.2) is 71.0 Å². The van der Waals surface area contributed by atoms with E-state index in [9.17, 15) is 9.90 Å². The Balaban J connectivity index is 1.71. The van der Waals surface area contributed by atoms with E-state index in [1.807, 2.05) is 58.3 Å². The van der Waals surface area contributed by atoms with Gasteiger partial charge in [-0.25, -0.2) is 4.68 Å². The van der Waals surface area contributed by atoms with E-state index in [1.54, 1.807) is 4.68 Å². The van der Waals surface area contributed by atoms with Crippen LogP contribution in [0.25, 0.3) is 34.2 Å². The van der Waals surface area contributed by atoms with Gasteiger partial charge in [0.25, 0.3) is 0 Å². The third-order valence-electron chi connectivity index (χ3n) is 6.54. The van der Waals surface area contributed by atoms with E-state index in [1.165, 1.54) is 4.68 Å². The van der Waals surface area contributed by atoms with Gasteiger partial charge in [0.2, 0.25) is 11.8 Å². The van der Waals surface area contributed by atoms with Crippen molar-refractivity contribution < 1.29 is 19.4 Å². The smallest absolute Gasteiger partial charge is 0.325 e. The van der Waals surface area contributed by atoms with Crippen LogP contribution < -0.4 is 9.47 Å². The Morgan fingerprint density at radius 2 is 2.13 bits per heavy atom. The van der Waals surface area contributed by atoms with Crippen molar-refractivity contribution in [1.29, 1.82) is 0 Å². The zero-order valence-electron chi connectivity index (χ0n) is 22.3. The summed E-state index contributed by atoms with van der Waals surface area (Å²) in [6.45, 7) is 9.49. The summed E-state index contributed by atoms with van der Waals surface area (Å²) in [4.78, 5) is 13.9. The Bertz CT molecular complexity index is 1500. The van der Waals surface area contributed by atoms with Gasteiger partial charge in [-0.2, -0.15) is 10.2 Å². The second-order valence-corrected chi connectivity index (χ2v) is 9.83. The number of aromatic amines is 1. The largest absolute Gasteiger partial charge is 0.480 e. The van der Waals surface area contributed by atoms with E-state index in [0.29, 0.717) is 24.8 Å². The van der Waals surface area contributed by atoms with Crippen LogP contribution >= 0.6 is 0 Å². The zero-order valence-corrected chi connectivity index (χ0v) is 22.3. The fraction of sp³-hybridized carbons (Fsp3) is 0.407. The highest BCUT2D eigenvalue weighted by atomic mass is 16.5. The number of carboxylic acids is 1. The highest BCUT2D eigenvalue weighted by Gasteiger charge is 2.24. The van der Waals surface area contributed by atoms with Crippen molar-refractivity contribution in [2.75, 3.05) is 13.1 Å². The number of hydrogen-bond donors (Lipinski definition) is 2. The Labute approximate surface area is 220 Å². The lowest BCUT2D eigenvalue weighted by molar-refractivity contribution is -0.138. The molecule has 1 atom stereocenters. The number of benzene rings is 1. The average molecular weight is 520 g/mol. The number of nitrogens with one attached hydrogen (secondary N) is 1. The second kappa shape index (κ2) is 10.3. The van der Waals surface area contributed by atoms with Crippen molar-refractivity contribution in [3.8, 4) is 22.9 Å². The second-order valence-electron chi connectivity index (χ2n) is 9.83. The molecular formula is C27H33N7O4. The summed E-state index contributed by atoms with van der Waals surface area (Å²) in [6.07, 6.45) is 5.40. The fourth-order valence-electron chi connectivity index (χ4n) is 4.75. The van der Waals surface area contributed by atoms with Crippen LogP contribution in [0.4, 0.5) is 0 Å². The molecule has 0 aliphatic carbocycles. The predicted molar refractivity (Wildman–Crippen MR) is 144 cm³/mol. The van der Waals surface area contributed by atoms with Gasteiger partial charge in [0.05, 0.1) is 40.3 Å². The molecule has 2 bridgehead atoms. The first-order valence-corrected chi connectivity index (χ1v) is 12.8. The lowest BCUT2D eigenvalue weighted by atomic mass is 10.1. The molecule has 3 aromatic heterocycles. The molecule has 38 heavy (non-hydrogen) atoms. The van der Waals surface area contributed by atoms with Gasteiger partial charge in [0, 0.05) is 25.5 Å². The van der Waals surface area contributed by atoms with Gasteiger partial charge in [-0.3, -0.25) is 19.5 Å². The highest BCUT2D eigenvalue weighted by molar-refractivity contribution is 5.93. The van der Waals surface area contributed by atoms with Crippen molar-refractivity contribution in [1.82, 2.24) is 34.7 Å². The van der Waals surface area contributed by atoms with E-state index >= 15 is 0 Å². The number of rotatable bonds is 5. The summed E-state index contributed by atoms with van der Waals surface area (Å²) >= 11 is 0. The van der Waals surface area contributed by atoms with Crippen molar-refractivity contribution in [2.24, 2.45) is 7.05 Å². The molecule has 0 saturated carbocycles. The molecule has 200 valence electrons. The van der Waals surface area contributed by atoms with Gasteiger partial charge in [-0.15, -0.1) is 5.10 Å². The minimum Gasteiger partial charge on any atom is -0.480 e. The first-order valence-electron chi connectivity index (χ1n) is 12.8. The monoisotopic (exact) mass is 519 g/mol. The summed E-state index contributed by atoms with van der Waals surface area (Å²) in [7, 11) is 1.87. The molecule has 1 aromatic carbocycles. The molecule has 0 spiro atoms. The summed E-state index contributed by atoms with van der Waals surface area (Å²) in [5, 5.41) is 27.2. The number of fused-ring (bicyclic) bond motifs is 4. The Hall–Kier alpha value is -4.12. The van der Waals surface area contributed by atoms with Crippen LogP contribution in [0.15, 0.2) is 24.4 Å². The number of likely N-dealkylation sites (N-methyl/N-ethyl adjacent to an activating group) is 1. The number of carboxylic acid groups (broad SMARTS) is 1. The molecule has 11 nitrogen and oxygen atoms in total. The minimum atomic E-state index is -0.971. The number of carbonyl (C=O) groups is 1. The van der Waals surface area contributed by atoms with Gasteiger partial charge in [0.1, 0.15) is 12.6 Å². The first-order chi connectivity index (χ1) is 18.2. The third kappa shape index (κ3) is 5.01. The molecule has 5 rings (SSSR count).